The SMILES string of the molecule is CCCCCCCCC(CCCCCC)C(=O)OCCCCCCN(CCCCCCOC(=O)C(CCCCCC)CCCCCCCC)CCOCCOCCNC(=O)OC(C)(C)C. The number of hydrogen-bond acceptors (Lipinski definition) is 9. The molecule has 0 aliphatic carbocycles. The van der Waals surface area contributed by atoms with Crippen LogP contribution in [0.25, 0.3) is 0 Å². The van der Waals surface area contributed by atoms with Crippen LogP contribution in [0.5, 0.6) is 0 Å². The van der Waals surface area contributed by atoms with Gasteiger partial charge in [-0.2, -0.15) is 0 Å². The predicted molar refractivity (Wildman–Crippen MR) is 272 cm³/mol. The van der Waals surface area contributed by atoms with Crippen LogP contribution in [0, 0.1) is 11.8 Å². The molecule has 2 atom stereocenters. The van der Waals surface area contributed by atoms with E-state index in [2.05, 4.69) is 37.9 Å². The van der Waals surface area contributed by atoms with Crippen LogP contribution in [-0.4, -0.2) is 94.4 Å². The molecule has 0 aromatic rings. The average Bonchev–Trinajstić information content (AvgIpc) is 3.27. The second-order valence-electron chi connectivity index (χ2n) is 19.9. The molecule has 65 heavy (non-hydrogen) atoms. The van der Waals surface area contributed by atoms with Crippen LogP contribution in [0.15, 0.2) is 0 Å². The maximum atomic E-state index is 13.1. The number of carbonyl (C=O) groups excluding carboxylic acids is 3. The molecule has 2 unspecified atom stereocenters. The molecule has 10 heteroatoms. The van der Waals surface area contributed by atoms with Crippen molar-refractivity contribution in [3.63, 3.8) is 0 Å². The van der Waals surface area contributed by atoms with Gasteiger partial charge in [0.05, 0.1) is 51.5 Å². The van der Waals surface area contributed by atoms with Crippen LogP contribution in [0.2, 0.25) is 0 Å². The molecule has 0 saturated heterocycles. The summed E-state index contributed by atoms with van der Waals surface area (Å²) in [5, 5.41) is 2.71. The zero-order chi connectivity index (χ0) is 47.9. The van der Waals surface area contributed by atoms with E-state index in [-0.39, 0.29) is 23.8 Å². The maximum absolute atomic E-state index is 13.1. The van der Waals surface area contributed by atoms with Crippen molar-refractivity contribution in [1.82, 2.24) is 10.2 Å². The molecular formula is C55H108N2O8. The van der Waals surface area contributed by atoms with E-state index in [1.807, 2.05) is 20.8 Å². The van der Waals surface area contributed by atoms with Crippen molar-refractivity contribution in [3.8, 4) is 0 Å². The van der Waals surface area contributed by atoms with Crippen LogP contribution in [0.4, 0.5) is 4.79 Å². The quantitative estimate of drug-likeness (QED) is 0.0362. The Morgan fingerprint density at radius 2 is 0.769 bits per heavy atom. The van der Waals surface area contributed by atoms with E-state index in [1.54, 1.807) is 0 Å². The Kier molecular flexibility index (Phi) is 45.8. The minimum atomic E-state index is -0.521. The molecule has 1 N–H and O–H groups in total. The van der Waals surface area contributed by atoms with E-state index in [4.69, 9.17) is 23.7 Å². The smallest absolute Gasteiger partial charge is 0.407 e. The Hall–Kier alpha value is -1.91. The van der Waals surface area contributed by atoms with Crippen LogP contribution >= 0.6 is 0 Å². The maximum Gasteiger partial charge on any atom is 0.407 e. The highest BCUT2D eigenvalue weighted by molar-refractivity contribution is 5.72. The van der Waals surface area contributed by atoms with Crippen molar-refractivity contribution in [2.75, 3.05) is 65.8 Å². The molecule has 0 aromatic carbocycles. The molecule has 0 aliphatic rings. The lowest BCUT2D eigenvalue weighted by molar-refractivity contribution is -0.150. The summed E-state index contributed by atoms with van der Waals surface area (Å²) in [6.07, 6.45) is 36.5. The van der Waals surface area contributed by atoms with Crippen LogP contribution in [0.1, 0.15) is 254 Å². The molecule has 0 aliphatic heterocycles. The Bertz CT molecular complexity index is 995. The molecule has 0 saturated carbocycles. The zero-order valence-electron chi connectivity index (χ0n) is 44.1. The van der Waals surface area contributed by atoms with Gasteiger partial charge in [-0.3, -0.25) is 9.59 Å². The molecule has 0 fully saturated rings. The van der Waals surface area contributed by atoms with Gasteiger partial charge in [-0.15, -0.1) is 0 Å². The Balaban J connectivity index is 4.77. The molecule has 0 aromatic heterocycles. The van der Waals surface area contributed by atoms with Crippen LogP contribution in [-0.2, 0) is 33.3 Å². The highest BCUT2D eigenvalue weighted by Crippen LogP contribution is 2.22. The minimum absolute atomic E-state index is 0.0350. The van der Waals surface area contributed by atoms with Gasteiger partial charge >= 0.3 is 18.0 Å². The van der Waals surface area contributed by atoms with Crippen molar-refractivity contribution in [3.05, 3.63) is 0 Å². The number of esters is 2. The summed E-state index contributed by atoms with van der Waals surface area (Å²) in [5.41, 5.74) is -0.521. The Morgan fingerprint density at radius 1 is 0.415 bits per heavy atom. The summed E-state index contributed by atoms with van der Waals surface area (Å²) in [6, 6.07) is 0. The van der Waals surface area contributed by atoms with Gasteiger partial charge in [-0.1, -0.05) is 182 Å². The summed E-state index contributed by atoms with van der Waals surface area (Å²) >= 11 is 0. The molecular weight excluding hydrogens is 817 g/mol. The topological polar surface area (TPSA) is 113 Å². The predicted octanol–water partition coefficient (Wildman–Crippen LogP) is 14.7. The van der Waals surface area contributed by atoms with Crippen molar-refractivity contribution >= 4 is 18.0 Å². The fourth-order valence-corrected chi connectivity index (χ4v) is 8.29. The second kappa shape index (κ2) is 47.2. The number of alkyl carbamates (subject to hydrolysis) is 1. The molecule has 1 amide bonds. The summed E-state index contributed by atoms with van der Waals surface area (Å²) in [4.78, 5) is 40.5. The number of hydrogen-bond donors (Lipinski definition) is 1. The van der Waals surface area contributed by atoms with Gasteiger partial charge in [-0.05, 0) is 85.2 Å². The van der Waals surface area contributed by atoms with Crippen molar-refractivity contribution in [1.29, 1.82) is 0 Å². The number of rotatable bonds is 49. The minimum Gasteiger partial charge on any atom is -0.465 e. The van der Waals surface area contributed by atoms with Gasteiger partial charge in [0.15, 0.2) is 0 Å². The summed E-state index contributed by atoms with van der Waals surface area (Å²) in [5.74, 6) is 0.197. The van der Waals surface area contributed by atoms with Gasteiger partial charge in [0.25, 0.3) is 0 Å². The largest absolute Gasteiger partial charge is 0.465 e. The van der Waals surface area contributed by atoms with Gasteiger partial charge in [0.2, 0.25) is 0 Å². The van der Waals surface area contributed by atoms with Crippen molar-refractivity contribution in [2.45, 2.75) is 260 Å². The molecule has 0 rings (SSSR count). The third-order valence-electron chi connectivity index (χ3n) is 12.4. The van der Waals surface area contributed by atoms with Crippen molar-refractivity contribution < 1.29 is 38.1 Å². The van der Waals surface area contributed by atoms with E-state index >= 15 is 0 Å². The van der Waals surface area contributed by atoms with Gasteiger partial charge < -0.3 is 33.9 Å². The number of amides is 1. The third-order valence-corrected chi connectivity index (χ3v) is 12.4. The summed E-state index contributed by atoms with van der Waals surface area (Å²) < 4.78 is 28.6. The lowest BCUT2D eigenvalue weighted by Gasteiger charge is -2.22. The second-order valence-corrected chi connectivity index (χ2v) is 19.9. The van der Waals surface area contributed by atoms with Gasteiger partial charge in [0.1, 0.15) is 5.60 Å². The summed E-state index contributed by atoms with van der Waals surface area (Å²) in [6.45, 7) is 20.9. The number of nitrogens with zero attached hydrogens (tertiary/aromatic N) is 1. The lowest BCUT2D eigenvalue weighted by atomic mass is 9.94. The highest BCUT2D eigenvalue weighted by atomic mass is 16.6. The highest BCUT2D eigenvalue weighted by Gasteiger charge is 2.21. The fraction of sp³-hybridized carbons (Fsp3) is 0.945. The monoisotopic (exact) mass is 925 g/mol. The van der Waals surface area contributed by atoms with Crippen molar-refractivity contribution in [2.24, 2.45) is 11.8 Å². The molecule has 10 nitrogen and oxygen atoms in total. The van der Waals surface area contributed by atoms with E-state index < -0.39 is 11.7 Å². The third kappa shape index (κ3) is 44.4. The number of ether oxygens (including phenoxy) is 5. The Morgan fingerprint density at radius 3 is 1.18 bits per heavy atom. The normalized spacial score (nSPS) is 12.7. The van der Waals surface area contributed by atoms with E-state index in [1.165, 1.54) is 103 Å². The van der Waals surface area contributed by atoms with Crippen LogP contribution < -0.4 is 5.32 Å². The van der Waals surface area contributed by atoms with E-state index in [0.29, 0.717) is 46.2 Å². The zero-order valence-corrected chi connectivity index (χ0v) is 44.1. The fourth-order valence-electron chi connectivity index (χ4n) is 8.29. The molecule has 0 heterocycles. The molecule has 0 spiro atoms. The van der Waals surface area contributed by atoms with Gasteiger partial charge in [-0.25, -0.2) is 4.79 Å². The van der Waals surface area contributed by atoms with Crippen LogP contribution in [0.3, 0.4) is 0 Å². The standard InChI is InChI=1S/C55H108N2O8/c1-8-12-16-20-22-30-38-50(36-28-18-14-10-3)52(58)63-44-34-26-24-32-41-57(43-47-62-49-48-61-46-40-56-54(60)65-55(5,6)7)42-33-25-27-35-45-64-53(59)51(37-29-19-15-11-4)39-31-23-21-17-13-9-2/h50-51H,8-49H2,1-7H3,(H,56,60). The number of unbranched alkanes of at least 4 members (excludes halogenated alkanes) is 22. The first-order chi connectivity index (χ1) is 31.6. The Labute approximate surface area is 402 Å². The first-order valence-corrected chi connectivity index (χ1v) is 27.8. The first-order valence-electron chi connectivity index (χ1n) is 27.8. The average molecular weight is 925 g/mol. The van der Waals surface area contributed by atoms with E-state index in [0.717, 1.165) is 122 Å². The molecule has 0 bridgehead atoms. The molecule has 386 valence electrons. The summed E-state index contributed by atoms with van der Waals surface area (Å²) in [7, 11) is 0. The lowest BCUT2D eigenvalue weighted by Crippen LogP contribution is -2.34. The van der Waals surface area contributed by atoms with E-state index in [9.17, 15) is 14.4 Å². The molecule has 0 radical (unpaired) electrons. The first kappa shape index (κ1) is 63.1. The number of carbonyl (C=O) groups is 3. The number of nitrogens with one attached hydrogen (secondary N) is 1. The van der Waals surface area contributed by atoms with Gasteiger partial charge in [0, 0.05) is 13.1 Å².